The first-order chi connectivity index (χ1) is 23.2. The number of methoxy groups -OCH3 is 1. The number of thiophene rings is 1. The first-order valence-corrected chi connectivity index (χ1v) is 18.2. The molecule has 0 radical (unpaired) electrons. The molecule has 4 heterocycles. The molecule has 0 aliphatic heterocycles. The number of hydrogen-bond donors (Lipinski definition) is 1. The molecule has 12 heteroatoms. The van der Waals surface area contributed by atoms with Gasteiger partial charge in [-0.1, -0.05) is 35.9 Å². The molecule has 2 atom stereocenters. The van der Waals surface area contributed by atoms with Crippen molar-refractivity contribution in [2.24, 2.45) is 17.8 Å². The Balaban J connectivity index is 1.31. The number of halogens is 1. The topological polar surface area (TPSA) is 116 Å². The number of aromatic nitrogens is 4. The maximum Gasteiger partial charge on any atom is 0.311 e. The van der Waals surface area contributed by atoms with E-state index >= 15 is 0 Å². The Morgan fingerprint density at radius 3 is 2.50 bits per heavy atom. The van der Waals surface area contributed by atoms with Gasteiger partial charge in [0.2, 0.25) is 0 Å². The lowest BCUT2D eigenvalue weighted by Gasteiger charge is -2.47. The first-order valence-electron chi connectivity index (χ1n) is 15.9. The zero-order valence-electron chi connectivity index (χ0n) is 26.3. The number of nitrogens with one attached hydrogen (secondary N) is 1. The molecule has 6 aromatic rings. The highest BCUT2D eigenvalue weighted by molar-refractivity contribution is 7.90. The van der Waals surface area contributed by atoms with Crippen LogP contribution in [0.3, 0.4) is 0 Å². The summed E-state index contributed by atoms with van der Waals surface area (Å²) in [5.41, 5.74) is 1.91. The summed E-state index contributed by atoms with van der Waals surface area (Å²) in [6.07, 6.45) is 6.40. The van der Waals surface area contributed by atoms with E-state index in [0.29, 0.717) is 17.1 Å². The summed E-state index contributed by atoms with van der Waals surface area (Å²) in [5, 5.41) is 4.92. The lowest BCUT2D eigenvalue weighted by molar-refractivity contribution is -0.152. The number of nitrogens with zero attached hydrogens (tertiary/aromatic N) is 4. The zero-order valence-corrected chi connectivity index (χ0v) is 27.9. The van der Waals surface area contributed by atoms with Crippen molar-refractivity contribution < 1.29 is 22.3 Å². The SMILES string of the molecule is COC(=O)C1C2CCC(CC2)C1Nc1cc(-c2cc3ccccc3s2)nc(-c2cn(S(=O)(=O)c3ccc(C)cc3)c3ncc(F)cc23)n1. The van der Waals surface area contributed by atoms with Gasteiger partial charge < -0.3 is 10.1 Å². The molecule has 4 aromatic heterocycles. The Morgan fingerprint density at radius 2 is 1.75 bits per heavy atom. The van der Waals surface area contributed by atoms with Crippen LogP contribution in [0, 0.1) is 30.5 Å². The van der Waals surface area contributed by atoms with E-state index < -0.39 is 15.8 Å². The molecule has 0 spiro atoms. The van der Waals surface area contributed by atoms with Gasteiger partial charge in [0.05, 0.1) is 34.7 Å². The number of pyridine rings is 1. The summed E-state index contributed by atoms with van der Waals surface area (Å²) in [7, 11) is -2.68. The fourth-order valence-electron chi connectivity index (χ4n) is 7.42. The molecule has 2 unspecified atom stereocenters. The van der Waals surface area contributed by atoms with Crippen molar-refractivity contribution in [1.29, 1.82) is 0 Å². The quantitative estimate of drug-likeness (QED) is 0.173. The number of benzene rings is 2. The first kappa shape index (κ1) is 30.6. The van der Waals surface area contributed by atoms with Crippen LogP contribution in [0.5, 0.6) is 0 Å². The fraction of sp³-hybridized carbons (Fsp3) is 0.278. The average molecular weight is 682 g/mol. The van der Waals surface area contributed by atoms with Crippen molar-refractivity contribution >= 4 is 54.3 Å². The largest absolute Gasteiger partial charge is 0.469 e. The highest BCUT2D eigenvalue weighted by Gasteiger charge is 2.48. The highest BCUT2D eigenvalue weighted by atomic mass is 32.2. The Kier molecular flexibility index (Phi) is 7.52. The van der Waals surface area contributed by atoms with Crippen LogP contribution in [0.15, 0.2) is 84.0 Å². The predicted molar refractivity (Wildman–Crippen MR) is 184 cm³/mol. The third-order valence-corrected chi connectivity index (χ3v) is 12.6. The number of ether oxygens (including phenoxy) is 1. The van der Waals surface area contributed by atoms with Gasteiger partial charge in [-0.3, -0.25) is 4.79 Å². The Hall–Kier alpha value is -4.68. The molecule has 3 aliphatic rings. The Bertz CT molecular complexity index is 2280. The molecular weight excluding hydrogens is 650 g/mol. The number of carbonyl (C=O) groups is 1. The molecule has 9 nitrogen and oxygen atoms in total. The fourth-order valence-corrected chi connectivity index (χ4v) is 9.77. The molecule has 2 bridgehead atoms. The van der Waals surface area contributed by atoms with E-state index in [0.717, 1.165) is 56.4 Å². The molecule has 3 saturated carbocycles. The summed E-state index contributed by atoms with van der Waals surface area (Å²) in [4.78, 5) is 28.1. The second-order valence-corrected chi connectivity index (χ2v) is 15.6. The average Bonchev–Trinajstić information content (AvgIpc) is 3.71. The Morgan fingerprint density at radius 1 is 1.00 bits per heavy atom. The smallest absolute Gasteiger partial charge is 0.311 e. The minimum atomic E-state index is -4.11. The van der Waals surface area contributed by atoms with Gasteiger partial charge in [0.1, 0.15) is 11.6 Å². The number of rotatable bonds is 7. The number of carbonyl (C=O) groups excluding carboxylic acids is 1. The molecule has 2 aromatic carbocycles. The summed E-state index contributed by atoms with van der Waals surface area (Å²) < 4.78 is 50.1. The second-order valence-electron chi connectivity index (χ2n) is 12.7. The van der Waals surface area contributed by atoms with E-state index in [1.54, 1.807) is 23.5 Å². The second kappa shape index (κ2) is 11.8. The van der Waals surface area contributed by atoms with Crippen LogP contribution >= 0.6 is 11.3 Å². The van der Waals surface area contributed by atoms with Gasteiger partial charge in [0.25, 0.3) is 10.0 Å². The third-order valence-electron chi connectivity index (χ3n) is 9.81. The van der Waals surface area contributed by atoms with Gasteiger partial charge in [0, 0.05) is 34.0 Å². The zero-order chi connectivity index (χ0) is 33.2. The minimum Gasteiger partial charge on any atom is -0.469 e. The van der Waals surface area contributed by atoms with E-state index in [2.05, 4.69) is 16.4 Å². The van der Waals surface area contributed by atoms with Crippen molar-refractivity contribution in [2.75, 3.05) is 12.4 Å². The van der Waals surface area contributed by atoms with Gasteiger partial charge in [-0.15, -0.1) is 11.3 Å². The molecule has 48 heavy (non-hydrogen) atoms. The van der Waals surface area contributed by atoms with Crippen LogP contribution in [-0.4, -0.2) is 46.5 Å². The number of anilines is 1. The summed E-state index contributed by atoms with van der Waals surface area (Å²) in [5.74, 6) is 0.0316. The molecule has 3 aliphatic carbocycles. The van der Waals surface area contributed by atoms with Crippen LogP contribution in [0.4, 0.5) is 10.2 Å². The lowest BCUT2D eigenvalue weighted by atomic mass is 9.61. The molecule has 1 N–H and O–H groups in total. The van der Waals surface area contributed by atoms with Crippen LogP contribution in [-0.2, 0) is 19.6 Å². The van der Waals surface area contributed by atoms with Crippen molar-refractivity contribution in [1.82, 2.24) is 18.9 Å². The number of fused-ring (bicyclic) bond motifs is 5. The highest BCUT2D eigenvalue weighted by Crippen LogP contribution is 2.47. The van der Waals surface area contributed by atoms with Gasteiger partial charge in [0.15, 0.2) is 11.5 Å². The number of hydrogen-bond acceptors (Lipinski definition) is 9. The predicted octanol–water partition coefficient (Wildman–Crippen LogP) is 7.45. The molecule has 244 valence electrons. The van der Waals surface area contributed by atoms with E-state index in [1.807, 2.05) is 37.3 Å². The van der Waals surface area contributed by atoms with E-state index in [1.165, 1.54) is 31.5 Å². The maximum absolute atomic E-state index is 14.8. The van der Waals surface area contributed by atoms with Gasteiger partial charge in [-0.2, -0.15) is 0 Å². The minimum absolute atomic E-state index is 0.0627. The van der Waals surface area contributed by atoms with Crippen LogP contribution in [0.25, 0.3) is 43.1 Å². The molecular formula is C36H32FN5O4S2. The molecule has 3 fully saturated rings. The monoisotopic (exact) mass is 681 g/mol. The van der Waals surface area contributed by atoms with Crippen molar-refractivity contribution in [3.8, 4) is 22.0 Å². The summed E-state index contributed by atoms with van der Waals surface area (Å²) in [6.45, 7) is 1.88. The molecule has 9 rings (SSSR count). The van der Waals surface area contributed by atoms with Crippen LogP contribution < -0.4 is 5.32 Å². The van der Waals surface area contributed by atoms with Gasteiger partial charge in [-0.05, 0) is 80.2 Å². The van der Waals surface area contributed by atoms with Crippen molar-refractivity contribution in [3.05, 3.63) is 90.5 Å². The van der Waals surface area contributed by atoms with E-state index in [-0.39, 0.29) is 51.5 Å². The van der Waals surface area contributed by atoms with E-state index in [4.69, 9.17) is 14.7 Å². The normalized spacial score (nSPS) is 20.7. The third kappa shape index (κ3) is 5.23. The van der Waals surface area contributed by atoms with Crippen LogP contribution in [0.2, 0.25) is 0 Å². The summed E-state index contributed by atoms with van der Waals surface area (Å²) >= 11 is 1.58. The standard InChI is InChI=1S/C36H32FN5O4S2/c1-20-7-13-25(14-8-20)48(44,45)42-19-27(26-16-24(37)18-38-35(26)42)34-39-28(30-15-23-5-3-4-6-29(23)47-30)17-31(41-34)40-33-22-11-9-21(10-12-22)32(33)36(43)46-2/h3-8,13-19,21-22,32-33H,9-12H2,1-2H3,(H,39,40,41). The summed E-state index contributed by atoms with van der Waals surface area (Å²) in [6, 6.07) is 19.6. The Labute approximate surface area is 280 Å². The van der Waals surface area contributed by atoms with Crippen LogP contribution in [0.1, 0.15) is 31.2 Å². The lowest BCUT2D eigenvalue weighted by Crippen LogP contribution is -2.51. The number of esters is 1. The van der Waals surface area contributed by atoms with E-state index in [9.17, 15) is 17.6 Å². The van der Waals surface area contributed by atoms with Crippen molar-refractivity contribution in [2.45, 2.75) is 43.5 Å². The van der Waals surface area contributed by atoms with Gasteiger partial charge >= 0.3 is 5.97 Å². The number of aryl methyl sites for hydroxylation is 1. The van der Waals surface area contributed by atoms with Crippen molar-refractivity contribution in [3.63, 3.8) is 0 Å². The maximum atomic E-state index is 14.8. The van der Waals surface area contributed by atoms with Gasteiger partial charge in [-0.25, -0.2) is 31.7 Å². The molecule has 0 amide bonds. The molecule has 0 saturated heterocycles.